The topological polar surface area (TPSA) is 325 Å². The minimum atomic E-state index is 0.0659. The van der Waals surface area contributed by atoms with Crippen LogP contribution in [-0.4, -0.2) is 181 Å². The molecule has 3 fully saturated rings. The maximum atomic E-state index is 12.9. The lowest BCUT2D eigenvalue weighted by Gasteiger charge is -2.27. The SMILES string of the molecule is Cn1nc(-c2cccnc2)cc1CC(=O)Cc1ccc(-c2cc3c(N4CCOCC4)ncnc3[nH]2)cc1.O=C(Cc1ccc(-c2cc3c(N4CCOCC4)ncnc3[nH]2)cc1)Cc1cc(-c2cccnc2)n[nH]1.O=C(Cc1ccc(-c2cc3c(N4CCOCC4)ncnc3[nH]2)cc1)Cc1cc(-c2ccncc2)no1. The number of nitrogens with zero attached hydrogens (tertiary/aromatic N) is 16. The van der Waals surface area contributed by atoms with Gasteiger partial charge in [-0.1, -0.05) is 78.0 Å². The Balaban J connectivity index is 0.000000124. The number of ketones is 3. The molecule has 546 valence electrons. The summed E-state index contributed by atoms with van der Waals surface area (Å²) in [5.74, 6) is 3.67. The quantitative estimate of drug-likeness (QED) is 0.0519. The Kier molecular flexibility index (Phi) is 21.1. The van der Waals surface area contributed by atoms with Gasteiger partial charge in [0.05, 0.1) is 73.6 Å². The largest absolute Gasteiger partial charge is 0.378 e. The van der Waals surface area contributed by atoms with Crippen LogP contribution in [-0.2, 0) is 74.2 Å². The molecule has 0 spiro atoms. The van der Waals surface area contributed by atoms with Gasteiger partial charge in [-0.2, -0.15) is 10.2 Å². The lowest BCUT2D eigenvalue weighted by atomic mass is 10.0. The average molecular weight is 1450 g/mol. The summed E-state index contributed by atoms with van der Waals surface area (Å²) < 4.78 is 23.6. The molecular weight excluding hydrogens is 1380 g/mol. The maximum absolute atomic E-state index is 12.9. The number of carbonyl (C=O) groups is 3. The number of hydrogen-bond donors (Lipinski definition) is 4. The number of aryl methyl sites for hydroxylation is 1. The predicted molar refractivity (Wildman–Crippen MR) is 412 cm³/mol. The van der Waals surface area contributed by atoms with Gasteiger partial charge in [-0.15, -0.1) is 0 Å². The highest BCUT2D eigenvalue weighted by Gasteiger charge is 2.23. The number of carbonyl (C=O) groups excluding carboxylic acids is 3. The zero-order valence-corrected chi connectivity index (χ0v) is 59.8. The number of aromatic nitrogens is 17. The molecule has 15 aromatic rings. The van der Waals surface area contributed by atoms with Crippen LogP contribution in [0.2, 0.25) is 0 Å². The second-order valence-electron chi connectivity index (χ2n) is 26.8. The Bertz CT molecular complexity index is 5380. The first-order valence-corrected chi connectivity index (χ1v) is 36.2. The lowest BCUT2D eigenvalue weighted by Crippen LogP contribution is -2.36. The minimum absolute atomic E-state index is 0.0659. The molecule has 27 nitrogen and oxygen atoms in total. The molecular formula is C82H76N20O7. The van der Waals surface area contributed by atoms with Crippen LogP contribution < -0.4 is 14.7 Å². The zero-order chi connectivity index (χ0) is 73.8. The summed E-state index contributed by atoms with van der Waals surface area (Å²) in [5.41, 5.74) is 18.1. The lowest BCUT2D eigenvalue weighted by molar-refractivity contribution is -0.118. The maximum Gasteiger partial charge on any atom is 0.144 e. The van der Waals surface area contributed by atoms with Crippen molar-refractivity contribution in [2.75, 3.05) is 93.6 Å². The summed E-state index contributed by atoms with van der Waals surface area (Å²) in [7, 11) is 1.87. The molecule has 0 aliphatic carbocycles. The third kappa shape index (κ3) is 16.8. The molecule has 0 saturated carbocycles. The Morgan fingerprint density at radius 2 is 0.835 bits per heavy atom. The first-order chi connectivity index (χ1) is 53.6. The van der Waals surface area contributed by atoms with E-state index in [-0.39, 0.29) is 23.8 Å². The Hall–Kier alpha value is -13.1. The van der Waals surface area contributed by atoms with Gasteiger partial charge in [-0.3, -0.25) is 39.1 Å². The number of nitrogens with one attached hydrogen (secondary N) is 4. The van der Waals surface area contributed by atoms with Gasteiger partial charge in [-0.05, 0) is 100 Å². The van der Waals surface area contributed by atoms with E-state index in [0.717, 1.165) is 180 Å². The normalized spacial score (nSPS) is 13.8. The van der Waals surface area contributed by atoms with Crippen molar-refractivity contribution in [2.24, 2.45) is 7.05 Å². The van der Waals surface area contributed by atoms with Crippen LogP contribution in [0.15, 0.2) is 206 Å². The highest BCUT2D eigenvalue weighted by atomic mass is 16.5. The van der Waals surface area contributed by atoms with Crippen molar-refractivity contribution in [3.8, 4) is 67.5 Å². The molecule has 15 heterocycles. The summed E-state index contributed by atoms with van der Waals surface area (Å²) in [5, 5.41) is 18.9. The van der Waals surface area contributed by atoms with E-state index in [1.807, 2.05) is 128 Å². The van der Waals surface area contributed by atoms with Gasteiger partial charge in [-0.25, -0.2) is 29.9 Å². The summed E-state index contributed by atoms with van der Waals surface area (Å²) in [6.07, 6.45) is 17.1. The fourth-order valence-corrected chi connectivity index (χ4v) is 13.7. The van der Waals surface area contributed by atoms with Crippen molar-refractivity contribution in [3.05, 3.63) is 236 Å². The Morgan fingerprint density at radius 1 is 0.404 bits per heavy atom. The second kappa shape index (κ2) is 32.7. The predicted octanol–water partition coefficient (Wildman–Crippen LogP) is 11.1. The van der Waals surface area contributed by atoms with E-state index < -0.39 is 0 Å². The number of ether oxygens (including phenoxy) is 3. The number of anilines is 3. The third-order valence-electron chi connectivity index (χ3n) is 19.3. The number of benzene rings is 3. The van der Waals surface area contributed by atoms with Crippen molar-refractivity contribution in [1.82, 2.24) is 84.9 Å². The van der Waals surface area contributed by atoms with Gasteiger partial charge in [0.1, 0.15) is 82.2 Å². The first-order valence-electron chi connectivity index (χ1n) is 36.2. The van der Waals surface area contributed by atoms with E-state index >= 15 is 0 Å². The summed E-state index contributed by atoms with van der Waals surface area (Å²) in [4.78, 5) is 94.3. The molecule has 18 rings (SSSR count). The number of rotatable bonds is 21. The van der Waals surface area contributed by atoms with Gasteiger partial charge in [0.2, 0.25) is 0 Å². The van der Waals surface area contributed by atoms with Gasteiger partial charge in [0.15, 0.2) is 0 Å². The van der Waals surface area contributed by atoms with E-state index in [1.165, 1.54) is 0 Å². The monoisotopic (exact) mass is 1450 g/mol. The molecule has 0 unspecified atom stereocenters. The molecule has 12 aromatic heterocycles. The molecule has 0 bridgehead atoms. The van der Waals surface area contributed by atoms with Crippen LogP contribution in [0.25, 0.3) is 101 Å². The van der Waals surface area contributed by atoms with E-state index in [0.29, 0.717) is 83.2 Å². The molecule has 0 atom stereocenters. The van der Waals surface area contributed by atoms with Crippen LogP contribution in [0, 0.1) is 0 Å². The number of H-pyrrole nitrogens is 4. The fraction of sp³-hybridized carbons (Fsp3) is 0.232. The summed E-state index contributed by atoms with van der Waals surface area (Å²) >= 11 is 0. The van der Waals surface area contributed by atoms with Gasteiger partial charge in [0, 0.05) is 167 Å². The van der Waals surface area contributed by atoms with Gasteiger partial charge < -0.3 is 48.4 Å². The van der Waals surface area contributed by atoms with Crippen molar-refractivity contribution < 1.29 is 33.1 Å². The van der Waals surface area contributed by atoms with E-state index in [9.17, 15) is 14.4 Å². The standard InChI is InChI=1S/C28H27N7O2.C27H25N7O2.C27H24N6O3/c1-34-22(15-26(33-34)21-3-2-8-29-17-21)14-23(36)13-19-4-6-20(7-5-19)25-16-24-27(32-25)30-18-31-28(24)35-9-11-37-12-10-35;35-22(13-21-14-25(33-32-21)20-2-1-7-28-16-20)12-18-3-5-19(6-4-18)24-15-23-26(31-24)29-17-30-27(23)34-8-10-36-11-9-34;34-21(14-22-15-25(32-36-22)20-5-7-28-8-6-20)13-18-1-3-19(4-2-18)24-16-23-26(31-24)29-17-30-27(23)33-9-11-35-12-10-33/h2-8,15-18H,9-14H2,1H3,(H,30,31,32);1-7,14-17H,8-13H2,(H,32,33)(H,29,30,31);1-8,15-17H,9-14H2,(H,29,30,31). The molecule has 3 aliphatic rings. The molecule has 3 saturated heterocycles. The Labute approximate surface area is 625 Å². The summed E-state index contributed by atoms with van der Waals surface area (Å²) in [6, 6.07) is 47.5. The third-order valence-corrected chi connectivity index (χ3v) is 19.3. The van der Waals surface area contributed by atoms with Crippen LogP contribution in [0.3, 0.4) is 0 Å². The van der Waals surface area contributed by atoms with Crippen molar-refractivity contribution >= 4 is 67.9 Å². The summed E-state index contributed by atoms with van der Waals surface area (Å²) in [6.45, 7) is 9.11. The highest BCUT2D eigenvalue weighted by molar-refractivity contribution is 5.95. The molecule has 0 amide bonds. The average Bonchev–Trinajstić information content (AvgIpc) is 1.67. The smallest absolute Gasteiger partial charge is 0.144 e. The van der Waals surface area contributed by atoms with Gasteiger partial charge in [0.25, 0.3) is 0 Å². The molecule has 109 heavy (non-hydrogen) atoms. The van der Waals surface area contributed by atoms with Crippen LogP contribution >= 0.6 is 0 Å². The van der Waals surface area contributed by atoms with E-state index in [2.05, 4.69) is 113 Å². The van der Waals surface area contributed by atoms with E-state index in [1.54, 1.807) is 66.9 Å². The van der Waals surface area contributed by atoms with Crippen LogP contribution in [0.5, 0.6) is 0 Å². The number of aromatic amines is 4. The molecule has 0 radical (unpaired) electrons. The van der Waals surface area contributed by atoms with Crippen LogP contribution in [0.1, 0.15) is 33.8 Å². The number of hydrogen-bond acceptors (Lipinski definition) is 22. The zero-order valence-electron chi connectivity index (χ0n) is 59.8. The van der Waals surface area contributed by atoms with Crippen LogP contribution in [0.4, 0.5) is 17.5 Å². The molecule has 3 aliphatic heterocycles. The number of pyridine rings is 3. The number of Topliss-reactive ketones (excluding diaryl/α,β-unsaturated/α-hetero) is 3. The van der Waals surface area contributed by atoms with Gasteiger partial charge >= 0.3 is 0 Å². The highest BCUT2D eigenvalue weighted by Crippen LogP contribution is 2.34. The number of morpholine rings is 3. The second-order valence-corrected chi connectivity index (χ2v) is 26.8. The van der Waals surface area contributed by atoms with Crippen molar-refractivity contribution in [2.45, 2.75) is 38.5 Å². The first kappa shape index (κ1) is 70.2. The minimum Gasteiger partial charge on any atom is -0.378 e. The number of fused-ring (bicyclic) bond motifs is 3. The molecule has 3 aromatic carbocycles. The fourth-order valence-electron chi connectivity index (χ4n) is 13.7. The Morgan fingerprint density at radius 3 is 1.28 bits per heavy atom. The molecule has 4 N–H and O–H groups in total. The van der Waals surface area contributed by atoms with Crippen molar-refractivity contribution in [3.63, 3.8) is 0 Å². The van der Waals surface area contributed by atoms with E-state index in [4.69, 9.17) is 18.7 Å². The molecule has 27 heteroatoms. The van der Waals surface area contributed by atoms with Crippen molar-refractivity contribution in [1.29, 1.82) is 0 Å².